The summed E-state index contributed by atoms with van der Waals surface area (Å²) in [7, 11) is 1.95. The smallest absolute Gasteiger partial charge is 0.165 e. The molecule has 44 heavy (non-hydrogen) atoms. The van der Waals surface area contributed by atoms with Gasteiger partial charge in [-0.25, -0.2) is 0 Å². The number of rotatable bonds is 10. The normalized spacial score (nSPS) is 17.0. The van der Waals surface area contributed by atoms with Crippen LogP contribution in [0.3, 0.4) is 0 Å². The lowest BCUT2D eigenvalue weighted by atomic mass is 9.96. The molecule has 0 atom stereocenters. The Balaban J connectivity index is 1.10. The van der Waals surface area contributed by atoms with Gasteiger partial charge in [-0.1, -0.05) is 36.2 Å². The minimum absolute atomic E-state index is 0.316. The highest BCUT2D eigenvalue weighted by Gasteiger charge is 2.51. The van der Waals surface area contributed by atoms with Crippen LogP contribution < -0.4 is 4.90 Å². The van der Waals surface area contributed by atoms with Crippen molar-refractivity contribution in [2.24, 2.45) is 17.2 Å². The number of unbranched alkanes of at least 4 members (excludes halogenated alkanes) is 3. The second-order valence-electron chi connectivity index (χ2n) is 12.3. The van der Waals surface area contributed by atoms with Crippen molar-refractivity contribution in [3.05, 3.63) is 88.1 Å². The van der Waals surface area contributed by atoms with Gasteiger partial charge in [-0.3, -0.25) is 19.1 Å². The Hall–Kier alpha value is -4.47. The van der Waals surface area contributed by atoms with Gasteiger partial charge in [-0.05, 0) is 74.5 Å². The first kappa shape index (κ1) is 28.3. The van der Waals surface area contributed by atoms with Gasteiger partial charge < -0.3 is 4.90 Å². The molecule has 4 aromatic rings. The molecular weight excluding hydrogens is 550 g/mol. The number of benzene rings is 2. The van der Waals surface area contributed by atoms with Crippen LogP contribution in [0.2, 0.25) is 0 Å². The number of hydrogen-bond donors (Lipinski definition) is 0. The average molecular weight is 590 g/mol. The third-order valence-electron chi connectivity index (χ3n) is 9.25. The fourth-order valence-corrected chi connectivity index (χ4v) is 6.60. The van der Waals surface area contributed by atoms with Crippen LogP contribution in [0.15, 0.2) is 65.0 Å². The Morgan fingerprint density at radius 1 is 0.909 bits per heavy atom. The molecule has 2 fully saturated rings. The van der Waals surface area contributed by atoms with E-state index in [0.717, 1.165) is 104 Å². The van der Waals surface area contributed by atoms with Crippen molar-refractivity contribution in [1.82, 2.24) is 29.4 Å². The van der Waals surface area contributed by atoms with Crippen molar-refractivity contribution in [3.8, 4) is 16.8 Å². The zero-order valence-electron chi connectivity index (χ0n) is 25.6. The standard InChI is InChI=1S/C33H39N11/c1-24-38-39-32-33(13-14-33)37-31(29-21-26(9-12-30(29)44(24)32)27-22-36-41(2)23-27)25-7-10-28(11-8-25)43-19-17-42(18-20-43)16-6-4-3-5-15-35-40-34/h7-12,21-23H,3-6,13-20H2,1-2H3. The van der Waals surface area contributed by atoms with Gasteiger partial charge in [0.1, 0.15) is 11.4 Å². The molecular formula is C33H39N11. The maximum atomic E-state index is 8.40. The molecule has 1 spiro atoms. The van der Waals surface area contributed by atoms with Crippen LogP contribution in [-0.2, 0) is 12.6 Å². The van der Waals surface area contributed by atoms with Gasteiger partial charge in [0.15, 0.2) is 5.82 Å². The third kappa shape index (κ3) is 5.49. The Bertz CT molecular complexity index is 1710. The molecule has 1 saturated heterocycles. The van der Waals surface area contributed by atoms with E-state index in [0.29, 0.717) is 6.54 Å². The highest BCUT2D eigenvalue weighted by atomic mass is 15.3. The van der Waals surface area contributed by atoms with Crippen molar-refractivity contribution < 1.29 is 0 Å². The molecule has 1 aliphatic carbocycles. The Labute approximate surface area is 257 Å². The number of aromatic nitrogens is 5. The third-order valence-corrected chi connectivity index (χ3v) is 9.25. The van der Waals surface area contributed by atoms with E-state index < -0.39 is 0 Å². The summed E-state index contributed by atoms with van der Waals surface area (Å²) in [6.45, 7) is 8.01. The van der Waals surface area contributed by atoms with Crippen LogP contribution in [0.25, 0.3) is 27.3 Å². The molecule has 0 N–H and O–H groups in total. The minimum Gasteiger partial charge on any atom is -0.369 e. The Morgan fingerprint density at radius 3 is 2.41 bits per heavy atom. The van der Waals surface area contributed by atoms with E-state index in [1.54, 1.807) is 0 Å². The van der Waals surface area contributed by atoms with Crippen LogP contribution in [-0.4, -0.2) is 74.4 Å². The summed E-state index contributed by atoms with van der Waals surface area (Å²) in [5.74, 6) is 1.83. The number of hydrogen-bond acceptors (Lipinski definition) is 7. The SMILES string of the molecule is Cc1nnc2n1-c1ccc(-c3cnn(C)c3)cc1C(c1ccc(N3CCN(CCCCCCN=[N+]=[N-])CC3)cc1)=NC21CC1. The van der Waals surface area contributed by atoms with Crippen molar-refractivity contribution in [2.45, 2.75) is 51.0 Å². The number of fused-ring (bicyclic) bond motifs is 4. The van der Waals surface area contributed by atoms with Crippen LogP contribution >= 0.6 is 0 Å². The number of anilines is 1. The molecule has 0 unspecified atom stereocenters. The molecule has 2 aliphatic heterocycles. The van der Waals surface area contributed by atoms with E-state index in [9.17, 15) is 0 Å². The summed E-state index contributed by atoms with van der Waals surface area (Å²) in [6.07, 6.45) is 10.4. The lowest BCUT2D eigenvalue weighted by Crippen LogP contribution is -2.46. The first-order chi connectivity index (χ1) is 21.5. The summed E-state index contributed by atoms with van der Waals surface area (Å²) in [6, 6.07) is 15.6. The van der Waals surface area contributed by atoms with E-state index >= 15 is 0 Å². The van der Waals surface area contributed by atoms with Crippen molar-refractivity contribution in [3.63, 3.8) is 0 Å². The fourth-order valence-electron chi connectivity index (χ4n) is 6.60. The summed E-state index contributed by atoms with van der Waals surface area (Å²) < 4.78 is 4.05. The number of piperazine rings is 1. The number of nitrogens with zero attached hydrogens (tertiary/aromatic N) is 11. The summed E-state index contributed by atoms with van der Waals surface area (Å²) in [5, 5.41) is 17.1. The topological polar surface area (TPSA) is 116 Å². The molecule has 4 heterocycles. The quantitative estimate of drug-likeness (QED) is 0.100. The summed E-state index contributed by atoms with van der Waals surface area (Å²) in [4.78, 5) is 13.4. The monoisotopic (exact) mass is 589 g/mol. The molecule has 2 aromatic heterocycles. The van der Waals surface area contributed by atoms with Gasteiger partial charge in [-0.2, -0.15) is 5.10 Å². The van der Waals surface area contributed by atoms with Gasteiger partial charge in [0, 0.05) is 73.3 Å². The average Bonchev–Trinajstić information content (AvgIpc) is 3.57. The maximum Gasteiger partial charge on any atom is 0.165 e. The van der Waals surface area contributed by atoms with Gasteiger partial charge >= 0.3 is 0 Å². The van der Waals surface area contributed by atoms with Gasteiger partial charge in [0.25, 0.3) is 0 Å². The van der Waals surface area contributed by atoms with E-state index in [-0.39, 0.29) is 5.54 Å². The fraction of sp³-hybridized carbons (Fsp3) is 0.455. The van der Waals surface area contributed by atoms with Crippen molar-refractivity contribution >= 4 is 11.4 Å². The van der Waals surface area contributed by atoms with Gasteiger partial charge in [0.05, 0.1) is 17.6 Å². The van der Waals surface area contributed by atoms with Crippen LogP contribution in [0.5, 0.6) is 0 Å². The molecule has 1 saturated carbocycles. The van der Waals surface area contributed by atoms with E-state index in [1.807, 2.05) is 24.9 Å². The number of aliphatic imine (C=N–C) groups is 1. The molecule has 0 amide bonds. The highest BCUT2D eigenvalue weighted by Crippen LogP contribution is 2.51. The minimum atomic E-state index is -0.316. The second kappa shape index (κ2) is 11.9. The zero-order valence-corrected chi connectivity index (χ0v) is 25.6. The summed E-state index contributed by atoms with van der Waals surface area (Å²) in [5.41, 5.74) is 15.9. The van der Waals surface area contributed by atoms with Crippen LogP contribution in [0.4, 0.5) is 5.69 Å². The number of aryl methyl sites for hydroxylation is 2. The van der Waals surface area contributed by atoms with Crippen molar-refractivity contribution in [2.75, 3.05) is 44.2 Å². The molecule has 3 aliphatic rings. The lowest BCUT2D eigenvalue weighted by Gasteiger charge is -2.36. The van der Waals surface area contributed by atoms with Crippen molar-refractivity contribution in [1.29, 1.82) is 0 Å². The van der Waals surface area contributed by atoms with Crippen LogP contribution in [0.1, 0.15) is 61.3 Å². The zero-order chi connectivity index (χ0) is 30.1. The first-order valence-corrected chi connectivity index (χ1v) is 15.8. The molecule has 0 radical (unpaired) electrons. The molecule has 7 rings (SSSR count). The molecule has 11 heteroatoms. The molecule has 0 bridgehead atoms. The largest absolute Gasteiger partial charge is 0.369 e. The van der Waals surface area contributed by atoms with Gasteiger partial charge in [0.2, 0.25) is 0 Å². The number of azide groups is 1. The summed E-state index contributed by atoms with van der Waals surface area (Å²) >= 11 is 0. The first-order valence-electron chi connectivity index (χ1n) is 15.8. The highest BCUT2D eigenvalue weighted by molar-refractivity contribution is 6.16. The van der Waals surface area contributed by atoms with Gasteiger partial charge in [-0.15, -0.1) is 10.2 Å². The predicted molar refractivity (Wildman–Crippen MR) is 172 cm³/mol. The Kier molecular flexibility index (Phi) is 7.66. The molecule has 226 valence electrons. The predicted octanol–water partition coefficient (Wildman–Crippen LogP) is 5.81. The van der Waals surface area contributed by atoms with E-state index in [4.69, 9.17) is 10.5 Å². The maximum absolute atomic E-state index is 8.40. The lowest BCUT2D eigenvalue weighted by molar-refractivity contribution is 0.252. The van der Waals surface area contributed by atoms with Crippen LogP contribution in [0, 0.1) is 6.92 Å². The second-order valence-corrected chi connectivity index (χ2v) is 12.3. The Morgan fingerprint density at radius 2 is 1.68 bits per heavy atom. The van der Waals surface area contributed by atoms with E-state index in [1.165, 1.54) is 18.5 Å². The van der Waals surface area contributed by atoms with E-state index in [2.05, 4.69) is 88.4 Å². The molecule has 11 nitrogen and oxygen atoms in total. The molecule has 2 aromatic carbocycles.